The van der Waals surface area contributed by atoms with Crippen molar-refractivity contribution in [2.45, 2.75) is 25.8 Å². The van der Waals surface area contributed by atoms with E-state index in [0.717, 1.165) is 24.1 Å². The fourth-order valence-electron chi connectivity index (χ4n) is 2.46. The van der Waals surface area contributed by atoms with Gasteiger partial charge in [0.25, 0.3) is 0 Å². The van der Waals surface area contributed by atoms with Crippen LogP contribution in [0.5, 0.6) is 0 Å². The van der Waals surface area contributed by atoms with E-state index < -0.39 is 0 Å². The van der Waals surface area contributed by atoms with Crippen LogP contribution in [0.2, 0.25) is 0 Å². The lowest BCUT2D eigenvalue weighted by Gasteiger charge is -2.32. The number of nitrogens with two attached hydrogens (primary N) is 1. The molecule has 0 atom stereocenters. The summed E-state index contributed by atoms with van der Waals surface area (Å²) in [7, 11) is 0. The Morgan fingerprint density at radius 3 is 2.71 bits per heavy atom. The van der Waals surface area contributed by atoms with Gasteiger partial charge in [-0.25, -0.2) is 4.79 Å². The fourth-order valence-corrected chi connectivity index (χ4v) is 2.64. The van der Waals surface area contributed by atoms with Crippen molar-refractivity contribution in [3.05, 3.63) is 29.8 Å². The average molecular weight is 307 g/mol. The van der Waals surface area contributed by atoms with Crippen molar-refractivity contribution in [3.63, 3.8) is 0 Å². The molecule has 0 bridgehead atoms. The highest BCUT2D eigenvalue weighted by Gasteiger charge is 2.23. The van der Waals surface area contributed by atoms with Gasteiger partial charge in [0, 0.05) is 30.4 Å². The number of nitrogens with zero attached hydrogens (tertiary/aromatic N) is 1. The summed E-state index contributed by atoms with van der Waals surface area (Å²) in [6, 6.07) is 8.08. The standard InChI is InChI=1S/C15H21N3O2S/c1-2-20-15(19)18-9-7-11(8-10-18)17-13-6-4-3-5-12(13)14(16)21/h3-6,11,17H,2,7-10H2,1H3,(H2,16,21). The van der Waals surface area contributed by atoms with Crippen LogP contribution in [0.1, 0.15) is 25.3 Å². The highest BCUT2D eigenvalue weighted by Crippen LogP contribution is 2.20. The third-order valence-electron chi connectivity index (χ3n) is 3.57. The Morgan fingerprint density at radius 1 is 1.43 bits per heavy atom. The van der Waals surface area contributed by atoms with E-state index in [1.54, 1.807) is 4.90 Å². The number of amides is 1. The molecule has 0 saturated carbocycles. The van der Waals surface area contributed by atoms with Crippen LogP contribution in [0.4, 0.5) is 10.5 Å². The Kier molecular flexibility index (Phi) is 5.38. The van der Waals surface area contributed by atoms with Crippen molar-refractivity contribution in [1.29, 1.82) is 0 Å². The highest BCUT2D eigenvalue weighted by molar-refractivity contribution is 7.80. The summed E-state index contributed by atoms with van der Waals surface area (Å²) in [4.78, 5) is 13.8. The lowest BCUT2D eigenvalue weighted by Crippen LogP contribution is -2.42. The minimum atomic E-state index is -0.223. The first-order chi connectivity index (χ1) is 10.1. The molecule has 1 aliphatic heterocycles. The van der Waals surface area contributed by atoms with E-state index in [9.17, 15) is 4.79 Å². The third kappa shape index (κ3) is 4.07. The van der Waals surface area contributed by atoms with Crippen LogP contribution in [0, 0.1) is 0 Å². The molecule has 3 N–H and O–H groups in total. The van der Waals surface area contributed by atoms with E-state index in [1.807, 2.05) is 31.2 Å². The van der Waals surface area contributed by atoms with Crippen molar-refractivity contribution in [3.8, 4) is 0 Å². The molecule has 21 heavy (non-hydrogen) atoms. The number of carbonyl (C=O) groups is 1. The van der Waals surface area contributed by atoms with Crippen LogP contribution in [0.3, 0.4) is 0 Å². The molecule has 1 saturated heterocycles. The zero-order valence-corrected chi connectivity index (χ0v) is 13.0. The highest BCUT2D eigenvalue weighted by atomic mass is 32.1. The molecule has 2 rings (SSSR count). The van der Waals surface area contributed by atoms with Crippen molar-refractivity contribution in [2.75, 3.05) is 25.0 Å². The predicted octanol–water partition coefficient (Wildman–Crippen LogP) is 2.35. The molecule has 0 unspecified atom stereocenters. The number of nitrogens with one attached hydrogen (secondary N) is 1. The Hall–Kier alpha value is -1.82. The molecule has 1 aliphatic rings. The molecule has 0 spiro atoms. The molecule has 0 radical (unpaired) electrons. The molecule has 1 heterocycles. The molecule has 1 fully saturated rings. The van der Waals surface area contributed by atoms with Gasteiger partial charge in [-0.05, 0) is 31.9 Å². The maximum Gasteiger partial charge on any atom is 0.409 e. The summed E-state index contributed by atoms with van der Waals surface area (Å²) in [6.45, 7) is 3.63. The van der Waals surface area contributed by atoms with Crippen molar-refractivity contribution in [2.24, 2.45) is 5.73 Å². The topological polar surface area (TPSA) is 67.6 Å². The Balaban J connectivity index is 1.92. The normalized spacial score (nSPS) is 15.6. The van der Waals surface area contributed by atoms with E-state index >= 15 is 0 Å². The molecule has 5 nitrogen and oxygen atoms in total. The van der Waals surface area contributed by atoms with Crippen LogP contribution >= 0.6 is 12.2 Å². The van der Waals surface area contributed by atoms with Gasteiger partial charge in [0.2, 0.25) is 0 Å². The number of rotatable bonds is 4. The number of ether oxygens (including phenoxy) is 1. The lowest BCUT2D eigenvalue weighted by molar-refractivity contribution is 0.0983. The zero-order valence-electron chi connectivity index (χ0n) is 12.2. The summed E-state index contributed by atoms with van der Waals surface area (Å²) in [5, 5.41) is 3.48. The number of hydrogen-bond acceptors (Lipinski definition) is 4. The minimum Gasteiger partial charge on any atom is -0.450 e. The van der Waals surface area contributed by atoms with E-state index in [0.29, 0.717) is 30.7 Å². The Bertz CT molecular complexity index is 513. The monoisotopic (exact) mass is 307 g/mol. The maximum absolute atomic E-state index is 11.7. The quantitative estimate of drug-likeness (QED) is 0.836. The molecule has 0 aliphatic carbocycles. The third-order valence-corrected chi connectivity index (χ3v) is 3.79. The molecule has 0 aromatic heterocycles. The molecule has 6 heteroatoms. The maximum atomic E-state index is 11.7. The van der Waals surface area contributed by atoms with Gasteiger partial charge in [0.05, 0.1) is 6.61 Å². The second-order valence-corrected chi connectivity index (χ2v) is 5.45. The van der Waals surface area contributed by atoms with Gasteiger partial charge in [-0.3, -0.25) is 0 Å². The first kappa shape index (κ1) is 15.6. The molecular weight excluding hydrogens is 286 g/mol. The van der Waals surface area contributed by atoms with Crippen LogP contribution in [0.15, 0.2) is 24.3 Å². The first-order valence-corrected chi connectivity index (χ1v) is 7.59. The van der Waals surface area contributed by atoms with Crippen molar-refractivity contribution >= 4 is 29.0 Å². The van der Waals surface area contributed by atoms with Gasteiger partial charge in [-0.1, -0.05) is 24.4 Å². The molecule has 114 valence electrons. The number of hydrogen-bond donors (Lipinski definition) is 2. The Morgan fingerprint density at radius 2 is 2.10 bits per heavy atom. The SMILES string of the molecule is CCOC(=O)N1CCC(Nc2ccccc2C(N)=S)CC1. The smallest absolute Gasteiger partial charge is 0.409 e. The van der Waals surface area contributed by atoms with Gasteiger partial charge in [-0.15, -0.1) is 0 Å². The van der Waals surface area contributed by atoms with E-state index in [4.69, 9.17) is 22.7 Å². The summed E-state index contributed by atoms with van der Waals surface area (Å²) in [5.74, 6) is 0. The fraction of sp³-hybridized carbons (Fsp3) is 0.467. The molecule has 1 aromatic carbocycles. The number of thiocarbonyl (C=S) groups is 1. The van der Waals surface area contributed by atoms with E-state index in [1.165, 1.54) is 0 Å². The number of benzene rings is 1. The summed E-state index contributed by atoms with van der Waals surface area (Å²) >= 11 is 5.07. The molecular formula is C15H21N3O2S. The summed E-state index contributed by atoms with van der Waals surface area (Å²) in [6.07, 6.45) is 1.54. The van der Waals surface area contributed by atoms with Crippen molar-refractivity contribution < 1.29 is 9.53 Å². The van der Waals surface area contributed by atoms with Gasteiger partial charge in [0.1, 0.15) is 4.99 Å². The lowest BCUT2D eigenvalue weighted by atomic mass is 10.0. The summed E-state index contributed by atoms with van der Waals surface area (Å²) < 4.78 is 5.02. The minimum absolute atomic E-state index is 0.223. The van der Waals surface area contributed by atoms with Gasteiger partial charge >= 0.3 is 6.09 Å². The number of anilines is 1. The van der Waals surface area contributed by atoms with Crippen LogP contribution in [0.25, 0.3) is 0 Å². The average Bonchev–Trinajstić information content (AvgIpc) is 2.48. The van der Waals surface area contributed by atoms with Crippen LogP contribution < -0.4 is 11.1 Å². The molecule has 1 amide bonds. The van der Waals surface area contributed by atoms with Gasteiger partial charge < -0.3 is 20.7 Å². The number of piperidine rings is 1. The molecule has 1 aromatic rings. The van der Waals surface area contributed by atoms with Crippen LogP contribution in [-0.4, -0.2) is 41.7 Å². The largest absolute Gasteiger partial charge is 0.450 e. The second kappa shape index (κ2) is 7.26. The predicted molar refractivity (Wildman–Crippen MR) is 87.6 cm³/mol. The summed E-state index contributed by atoms with van der Waals surface area (Å²) in [5.41, 5.74) is 7.56. The number of carbonyl (C=O) groups excluding carboxylic acids is 1. The number of para-hydroxylation sites is 1. The van der Waals surface area contributed by atoms with Crippen LogP contribution in [-0.2, 0) is 4.74 Å². The van der Waals surface area contributed by atoms with Gasteiger partial charge in [0.15, 0.2) is 0 Å². The second-order valence-electron chi connectivity index (χ2n) is 5.01. The van der Waals surface area contributed by atoms with Gasteiger partial charge in [-0.2, -0.15) is 0 Å². The first-order valence-electron chi connectivity index (χ1n) is 7.19. The van der Waals surface area contributed by atoms with Crippen molar-refractivity contribution in [1.82, 2.24) is 4.90 Å². The zero-order chi connectivity index (χ0) is 15.2. The van der Waals surface area contributed by atoms with E-state index in [2.05, 4.69) is 5.32 Å². The number of likely N-dealkylation sites (tertiary alicyclic amines) is 1. The van der Waals surface area contributed by atoms with E-state index in [-0.39, 0.29) is 6.09 Å². The Labute approximate surface area is 130 Å².